The third-order valence-electron chi connectivity index (χ3n) is 2.76. The molecule has 0 aromatic heterocycles. The van der Waals surface area contributed by atoms with Crippen LogP contribution in [0.15, 0.2) is 24.3 Å². The lowest BCUT2D eigenvalue weighted by Crippen LogP contribution is -2.23. The highest BCUT2D eigenvalue weighted by molar-refractivity contribution is 5.78. The van der Waals surface area contributed by atoms with Gasteiger partial charge in [0.2, 0.25) is 5.91 Å². The lowest BCUT2D eigenvalue weighted by atomic mass is 10.2. The smallest absolute Gasteiger partial charge is 0.222 e. The summed E-state index contributed by atoms with van der Waals surface area (Å²) in [5.41, 5.74) is 2.29. The number of amides is 1. The maximum Gasteiger partial charge on any atom is 0.222 e. The van der Waals surface area contributed by atoms with Crippen LogP contribution < -0.4 is 5.32 Å². The summed E-state index contributed by atoms with van der Waals surface area (Å²) in [7, 11) is 1.90. The molecule has 1 fully saturated rings. The molecule has 1 N–H and O–H groups in total. The summed E-state index contributed by atoms with van der Waals surface area (Å²) in [6.07, 6.45) is 1.72. The third-order valence-corrected chi connectivity index (χ3v) is 2.76. The SMILES string of the molecule is CNc1cccc(CN2CCCC2=O)c1. The van der Waals surface area contributed by atoms with Gasteiger partial charge in [-0.05, 0) is 24.1 Å². The van der Waals surface area contributed by atoms with E-state index in [9.17, 15) is 4.79 Å². The second kappa shape index (κ2) is 4.34. The molecule has 0 saturated carbocycles. The Morgan fingerprint density at radius 2 is 2.33 bits per heavy atom. The Labute approximate surface area is 90.1 Å². The van der Waals surface area contributed by atoms with Crippen LogP contribution in [0.2, 0.25) is 0 Å². The second-order valence-corrected chi connectivity index (χ2v) is 3.87. The summed E-state index contributed by atoms with van der Waals surface area (Å²) in [6, 6.07) is 8.19. The molecule has 2 rings (SSSR count). The zero-order chi connectivity index (χ0) is 10.7. The molecule has 1 aromatic rings. The minimum absolute atomic E-state index is 0.282. The Morgan fingerprint density at radius 3 is 3.00 bits per heavy atom. The van der Waals surface area contributed by atoms with Crippen molar-refractivity contribution in [3.63, 3.8) is 0 Å². The number of hydrogen-bond donors (Lipinski definition) is 1. The van der Waals surface area contributed by atoms with Gasteiger partial charge in [0.05, 0.1) is 0 Å². The molecule has 3 heteroatoms. The Bertz CT molecular complexity index is 362. The van der Waals surface area contributed by atoms with Gasteiger partial charge in [0.25, 0.3) is 0 Å². The summed E-state index contributed by atoms with van der Waals surface area (Å²) in [6.45, 7) is 1.65. The van der Waals surface area contributed by atoms with E-state index in [1.165, 1.54) is 5.56 Å². The minimum Gasteiger partial charge on any atom is -0.388 e. The van der Waals surface area contributed by atoms with E-state index in [4.69, 9.17) is 0 Å². The van der Waals surface area contributed by atoms with Gasteiger partial charge in [0.15, 0.2) is 0 Å². The van der Waals surface area contributed by atoms with Gasteiger partial charge >= 0.3 is 0 Å². The fraction of sp³-hybridized carbons (Fsp3) is 0.417. The van der Waals surface area contributed by atoms with Crippen LogP contribution in [0, 0.1) is 0 Å². The number of anilines is 1. The average Bonchev–Trinajstić information content (AvgIpc) is 2.65. The fourth-order valence-electron chi connectivity index (χ4n) is 1.92. The van der Waals surface area contributed by atoms with E-state index in [0.717, 1.165) is 25.2 Å². The van der Waals surface area contributed by atoms with E-state index in [0.29, 0.717) is 6.42 Å². The minimum atomic E-state index is 0.282. The highest BCUT2D eigenvalue weighted by Crippen LogP contribution is 2.16. The van der Waals surface area contributed by atoms with Gasteiger partial charge in [0, 0.05) is 32.2 Å². The summed E-state index contributed by atoms with van der Waals surface area (Å²) in [5, 5.41) is 3.10. The Morgan fingerprint density at radius 1 is 1.47 bits per heavy atom. The summed E-state index contributed by atoms with van der Waals surface area (Å²) >= 11 is 0. The van der Waals surface area contributed by atoms with E-state index in [2.05, 4.69) is 17.4 Å². The van der Waals surface area contributed by atoms with Crippen LogP contribution in [0.5, 0.6) is 0 Å². The van der Waals surface area contributed by atoms with Crippen LogP contribution in [0.3, 0.4) is 0 Å². The first kappa shape index (κ1) is 10.0. The van der Waals surface area contributed by atoms with Crippen LogP contribution >= 0.6 is 0 Å². The molecule has 0 aliphatic carbocycles. The molecule has 1 aliphatic rings. The molecule has 0 atom stereocenters. The molecule has 3 nitrogen and oxygen atoms in total. The van der Waals surface area contributed by atoms with Crippen molar-refractivity contribution < 1.29 is 4.79 Å². The first-order valence-corrected chi connectivity index (χ1v) is 5.34. The zero-order valence-electron chi connectivity index (χ0n) is 8.99. The molecule has 1 amide bonds. The molecular formula is C12H16N2O. The van der Waals surface area contributed by atoms with E-state index in [-0.39, 0.29) is 5.91 Å². The third kappa shape index (κ3) is 2.29. The van der Waals surface area contributed by atoms with Crippen LogP contribution in [0.4, 0.5) is 5.69 Å². The van der Waals surface area contributed by atoms with Crippen LogP contribution in [-0.4, -0.2) is 24.4 Å². The molecule has 1 saturated heterocycles. The first-order valence-electron chi connectivity index (χ1n) is 5.34. The summed E-state index contributed by atoms with van der Waals surface area (Å²) in [5.74, 6) is 0.282. The molecule has 1 aliphatic heterocycles. The van der Waals surface area contributed by atoms with Crippen LogP contribution in [0.1, 0.15) is 18.4 Å². The van der Waals surface area contributed by atoms with Gasteiger partial charge in [-0.1, -0.05) is 12.1 Å². The predicted molar refractivity (Wildman–Crippen MR) is 60.6 cm³/mol. The van der Waals surface area contributed by atoms with Gasteiger partial charge in [0.1, 0.15) is 0 Å². The lowest BCUT2D eigenvalue weighted by Gasteiger charge is -2.15. The summed E-state index contributed by atoms with van der Waals surface area (Å²) < 4.78 is 0. The number of rotatable bonds is 3. The highest BCUT2D eigenvalue weighted by atomic mass is 16.2. The molecule has 1 heterocycles. The van der Waals surface area contributed by atoms with Gasteiger partial charge in [-0.3, -0.25) is 4.79 Å². The maximum absolute atomic E-state index is 11.4. The Hall–Kier alpha value is -1.51. The van der Waals surface area contributed by atoms with Crippen molar-refractivity contribution in [3.05, 3.63) is 29.8 Å². The van der Waals surface area contributed by atoms with E-state index in [1.54, 1.807) is 0 Å². The van der Waals surface area contributed by atoms with Crippen molar-refractivity contribution in [1.29, 1.82) is 0 Å². The number of hydrogen-bond acceptors (Lipinski definition) is 2. The molecular weight excluding hydrogens is 188 g/mol. The lowest BCUT2D eigenvalue weighted by molar-refractivity contribution is -0.128. The Balaban J connectivity index is 2.06. The number of carbonyl (C=O) groups excluding carboxylic acids is 1. The van der Waals surface area contributed by atoms with Crippen LogP contribution in [0.25, 0.3) is 0 Å². The first-order chi connectivity index (χ1) is 7.29. The quantitative estimate of drug-likeness (QED) is 0.815. The Kier molecular flexibility index (Phi) is 2.90. The van der Waals surface area contributed by atoms with Gasteiger partial charge in [-0.2, -0.15) is 0 Å². The number of nitrogens with zero attached hydrogens (tertiary/aromatic N) is 1. The monoisotopic (exact) mass is 204 g/mol. The van der Waals surface area contributed by atoms with Crippen molar-refractivity contribution in [2.75, 3.05) is 18.9 Å². The molecule has 15 heavy (non-hydrogen) atoms. The standard InChI is InChI=1S/C12H16N2O/c1-13-11-5-2-4-10(8-11)9-14-7-3-6-12(14)15/h2,4-5,8,13H,3,6-7,9H2,1H3. The zero-order valence-corrected chi connectivity index (χ0v) is 8.99. The van der Waals surface area contributed by atoms with E-state index >= 15 is 0 Å². The van der Waals surface area contributed by atoms with E-state index < -0.39 is 0 Å². The largest absolute Gasteiger partial charge is 0.388 e. The van der Waals surface area contributed by atoms with Gasteiger partial charge in [-0.15, -0.1) is 0 Å². The van der Waals surface area contributed by atoms with Crippen molar-refractivity contribution in [3.8, 4) is 0 Å². The average molecular weight is 204 g/mol. The van der Waals surface area contributed by atoms with Crippen molar-refractivity contribution in [1.82, 2.24) is 4.90 Å². The number of benzene rings is 1. The molecule has 0 unspecified atom stereocenters. The molecule has 1 aromatic carbocycles. The number of likely N-dealkylation sites (tertiary alicyclic amines) is 1. The van der Waals surface area contributed by atoms with Crippen molar-refractivity contribution in [2.24, 2.45) is 0 Å². The maximum atomic E-state index is 11.4. The number of carbonyl (C=O) groups is 1. The molecule has 0 bridgehead atoms. The molecule has 80 valence electrons. The van der Waals surface area contributed by atoms with E-state index in [1.807, 2.05) is 24.1 Å². The second-order valence-electron chi connectivity index (χ2n) is 3.87. The molecule has 0 spiro atoms. The van der Waals surface area contributed by atoms with Crippen LogP contribution in [-0.2, 0) is 11.3 Å². The number of nitrogens with one attached hydrogen (secondary N) is 1. The highest BCUT2D eigenvalue weighted by Gasteiger charge is 2.19. The predicted octanol–water partition coefficient (Wildman–Crippen LogP) is 1.85. The van der Waals surface area contributed by atoms with Gasteiger partial charge < -0.3 is 10.2 Å². The van der Waals surface area contributed by atoms with Gasteiger partial charge in [-0.25, -0.2) is 0 Å². The molecule has 0 radical (unpaired) electrons. The van der Waals surface area contributed by atoms with Crippen molar-refractivity contribution >= 4 is 11.6 Å². The normalized spacial score (nSPS) is 15.8. The topological polar surface area (TPSA) is 32.3 Å². The fourth-order valence-corrected chi connectivity index (χ4v) is 1.92. The van der Waals surface area contributed by atoms with Crippen molar-refractivity contribution in [2.45, 2.75) is 19.4 Å². The summed E-state index contributed by atoms with van der Waals surface area (Å²) in [4.78, 5) is 13.4.